The molecule has 0 bridgehead atoms. The normalized spacial score (nSPS) is 13.0. The van der Waals surface area contributed by atoms with E-state index < -0.39 is 0 Å². The largest absolute Gasteiger partial charge is 0.459 e. The lowest BCUT2D eigenvalue weighted by atomic mass is 10.1. The summed E-state index contributed by atoms with van der Waals surface area (Å²) < 4.78 is 18.5. The fourth-order valence-corrected chi connectivity index (χ4v) is 3.64. The highest BCUT2D eigenvalue weighted by molar-refractivity contribution is 6.02. The fraction of sp³-hybridized carbons (Fsp3) is 0.280. The maximum absolute atomic E-state index is 13.3. The van der Waals surface area contributed by atoms with Crippen LogP contribution < -0.4 is 10.2 Å². The molecule has 1 heterocycles. The fourth-order valence-electron chi connectivity index (χ4n) is 3.64. The summed E-state index contributed by atoms with van der Waals surface area (Å²) in [7, 11) is 3.87. The molecular weight excluding hydrogens is 409 g/mol. The zero-order valence-corrected chi connectivity index (χ0v) is 18.2. The predicted octanol–water partition coefficient (Wildman–Crippen LogP) is 4.68. The number of amides is 2. The van der Waals surface area contributed by atoms with Crippen LogP contribution >= 0.6 is 0 Å². The van der Waals surface area contributed by atoms with Crippen molar-refractivity contribution in [2.75, 3.05) is 24.3 Å². The molecule has 32 heavy (non-hydrogen) atoms. The van der Waals surface area contributed by atoms with Gasteiger partial charge in [0.05, 0.1) is 6.26 Å². The van der Waals surface area contributed by atoms with Gasteiger partial charge in [-0.1, -0.05) is 12.1 Å². The molecule has 0 aliphatic heterocycles. The molecule has 1 aliphatic carbocycles. The quantitative estimate of drug-likeness (QED) is 0.558. The Morgan fingerprint density at radius 1 is 1.06 bits per heavy atom. The van der Waals surface area contributed by atoms with Crippen molar-refractivity contribution >= 4 is 23.2 Å². The molecule has 0 spiro atoms. The number of carbonyl (C=O) groups excluding carboxylic acids is 2. The van der Waals surface area contributed by atoms with Crippen LogP contribution in [-0.2, 0) is 17.9 Å². The van der Waals surface area contributed by atoms with Gasteiger partial charge in [-0.25, -0.2) is 4.39 Å². The Morgan fingerprint density at radius 3 is 2.44 bits per heavy atom. The molecule has 166 valence electrons. The van der Waals surface area contributed by atoms with Crippen LogP contribution in [0.3, 0.4) is 0 Å². The van der Waals surface area contributed by atoms with Crippen LogP contribution in [0.2, 0.25) is 0 Å². The van der Waals surface area contributed by atoms with Crippen molar-refractivity contribution in [1.29, 1.82) is 0 Å². The van der Waals surface area contributed by atoms with Crippen LogP contribution in [0.1, 0.15) is 34.5 Å². The van der Waals surface area contributed by atoms with Crippen LogP contribution in [-0.4, -0.2) is 30.8 Å². The van der Waals surface area contributed by atoms with Gasteiger partial charge in [0.2, 0.25) is 5.91 Å². The van der Waals surface area contributed by atoms with Crippen LogP contribution in [0.4, 0.5) is 15.8 Å². The minimum atomic E-state index is -0.337. The van der Waals surface area contributed by atoms with E-state index in [2.05, 4.69) is 5.32 Å². The Labute approximate surface area is 186 Å². The third-order valence-electron chi connectivity index (χ3n) is 5.45. The summed E-state index contributed by atoms with van der Waals surface area (Å²) in [6, 6.07) is 15.1. The number of anilines is 2. The first-order valence-electron chi connectivity index (χ1n) is 10.6. The second kappa shape index (κ2) is 9.26. The lowest BCUT2D eigenvalue weighted by Crippen LogP contribution is -2.32. The molecule has 1 aromatic heterocycles. The van der Waals surface area contributed by atoms with E-state index in [0.29, 0.717) is 18.8 Å². The summed E-state index contributed by atoms with van der Waals surface area (Å²) in [6.07, 6.45) is 3.25. The van der Waals surface area contributed by atoms with Crippen molar-refractivity contribution in [3.05, 3.63) is 83.6 Å². The van der Waals surface area contributed by atoms with E-state index in [1.807, 2.05) is 42.1 Å². The smallest absolute Gasteiger partial charge is 0.291 e. The molecule has 0 radical (unpaired) electrons. The molecule has 1 N–H and O–H groups in total. The summed E-state index contributed by atoms with van der Waals surface area (Å²) in [6.45, 7) is 0.774. The predicted molar refractivity (Wildman–Crippen MR) is 121 cm³/mol. The van der Waals surface area contributed by atoms with Gasteiger partial charge in [-0.15, -0.1) is 0 Å². The van der Waals surface area contributed by atoms with Crippen molar-refractivity contribution in [3.63, 3.8) is 0 Å². The Hall–Kier alpha value is -3.61. The maximum Gasteiger partial charge on any atom is 0.291 e. The molecule has 1 saturated carbocycles. The number of carbonyl (C=O) groups is 2. The number of nitrogens with one attached hydrogen (secondary N) is 1. The van der Waals surface area contributed by atoms with E-state index in [0.717, 1.165) is 29.7 Å². The van der Waals surface area contributed by atoms with Crippen molar-refractivity contribution in [2.24, 2.45) is 5.92 Å². The highest BCUT2D eigenvalue weighted by Crippen LogP contribution is 2.33. The third kappa shape index (κ3) is 5.17. The minimum Gasteiger partial charge on any atom is -0.459 e. The van der Waals surface area contributed by atoms with Gasteiger partial charge in [-0.05, 0) is 66.4 Å². The summed E-state index contributed by atoms with van der Waals surface area (Å²) in [4.78, 5) is 29.2. The van der Waals surface area contributed by atoms with E-state index >= 15 is 0 Å². The molecule has 6 nitrogen and oxygen atoms in total. The molecule has 0 unspecified atom stereocenters. The van der Waals surface area contributed by atoms with Gasteiger partial charge in [-0.2, -0.15) is 0 Å². The average molecular weight is 435 g/mol. The second-order valence-corrected chi connectivity index (χ2v) is 8.26. The van der Waals surface area contributed by atoms with Crippen molar-refractivity contribution < 1.29 is 18.4 Å². The van der Waals surface area contributed by atoms with E-state index in [9.17, 15) is 14.0 Å². The highest BCUT2D eigenvalue weighted by atomic mass is 19.1. The zero-order chi connectivity index (χ0) is 22.7. The van der Waals surface area contributed by atoms with E-state index in [1.165, 1.54) is 18.4 Å². The Balaban J connectivity index is 1.59. The number of furan rings is 1. The molecule has 1 aliphatic rings. The van der Waals surface area contributed by atoms with E-state index in [4.69, 9.17) is 4.42 Å². The monoisotopic (exact) mass is 435 g/mol. The van der Waals surface area contributed by atoms with E-state index in [-0.39, 0.29) is 29.3 Å². The first-order valence-corrected chi connectivity index (χ1v) is 10.6. The third-order valence-corrected chi connectivity index (χ3v) is 5.45. The maximum atomic E-state index is 13.3. The minimum absolute atomic E-state index is 0.0556. The second-order valence-electron chi connectivity index (χ2n) is 8.26. The van der Waals surface area contributed by atoms with Crippen LogP contribution in [0.25, 0.3) is 0 Å². The number of nitrogens with zero attached hydrogens (tertiary/aromatic N) is 2. The zero-order valence-electron chi connectivity index (χ0n) is 18.2. The lowest BCUT2D eigenvalue weighted by Gasteiger charge is -2.26. The SMILES string of the molecule is CN(C)c1ccc(NC(=O)c2ccco2)cc1CN(Cc1ccc(F)cc1)C(=O)C1CC1. The standard InChI is InChI=1S/C25H26FN3O3/c1-28(2)22-12-11-21(27-24(30)23-4-3-13-32-23)14-19(22)16-29(25(31)18-7-8-18)15-17-5-9-20(26)10-6-17/h3-6,9-14,18H,7-8,15-16H2,1-2H3,(H,27,30). The van der Waals surface area contributed by atoms with Crippen molar-refractivity contribution in [1.82, 2.24) is 4.90 Å². The molecule has 7 heteroatoms. The molecule has 0 saturated heterocycles. The Morgan fingerprint density at radius 2 is 1.81 bits per heavy atom. The highest BCUT2D eigenvalue weighted by Gasteiger charge is 2.33. The van der Waals surface area contributed by atoms with Gasteiger partial charge in [-0.3, -0.25) is 9.59 Å². The molecule has 2 aromatic carbocycles. The number of rotatable bonds is 8. The Kier molecular flexibility index (Phi) is 6.25. The number of hydrogen-bond acceptors (Lipinski definition) is 4. The Bertz CT molecular complexity index is 1090. The average Bonchev–Trinajstić information content (AvgIpc) is 3.47. The van der Waals surface area contributed by atoms with Gasteiger partial charge in [0.1, 0.15) is 5.82 Å². The molecule has 2 amide bonds. The summed E-state index contributed by atoms with van der Waals surface area (Å²) in [5.41, 5.74) is 3.35. The summed E-state index contributed by atoms with van der Waals surface area (Å²) in [5.74, 6) is -0.256. The topological polar surface area (TPSA) is 65.8 Å². The van der Waals surface area contributed by atoms with Gasteiger partial charge in [0.25, 0.3) is 5.91 Å². The molecular formula is C25H26FN3O3. The van der Waals surface area contributed by atoms with Gasteiger partial charge < -0.3 is 19.5 Å². The lowest BCUT2D eigenvalue weighted by molar-refractivity contribution is -0.133. The van der Waals surface area contributed by atoms with Crippen molar-refractivity contribution in [2.45, 2.75) is 25.9 Å². The van der Waals surface area contributed by atoms with Crippen LogP contribution in [0.15, 0.2) is 65.3 Å². The van der Waals surface area contributed by atoms with Gasteiger partial charge in [0, 0.05) is 44.5 Å². The molecule has 3 aromatic rings. The van der Waals surface area contributed by atoms with E-state index in [1.54, 1.807) is 24.3 Å². The molecule has 0 atom stereocenters. The van der Waals surface area contributed by atoms with Crippen LogP contribution in [0, 0.1) is 11.7 Å². The van der Waals surface area contributed by atoms with Crippen LogP contribution in [0.5, 0.6) is 0 Å². The first kappa shape index (κ1) is 21.6. The summed E-state index contributed by atoms with van der Waals surface area (Å²) in [5, 5.41) is 2.85. The van der Waals surface area contributed by atoms with Gasteiger partial charge in [0.15, 0.2) is 5.76 Å². The summed E-state index contributed by atoms with van der Waals surface area (Å²) >= 11 is 0. The molecule has 4 rings (SSSR count). The number of hydrogen-bond donors (Lipinski definition) is 1. The molecule has 1 fully saturated rings. The van der Waals surface area contributed by atoms with Gasteiger partial charge >= 0.3 is 0 Å². The first-order chi connectivity index (χ1) is 15.4. The number of benzene rings is 2. The number of halogens is 1. The van der Waals surface area contributed by atoms with Crippen molar-refractivity contribution in [3.8, 4) is 0 Å².